The van der Waals surface area contributed by atoms with Crippen LogP contribution < -0.4 is 0 Å². The van der Waals surface area contributed by atoms with Gasteiger partial charge in [0.25, 0.3) is 0 Å². The molecule has 3 rings (SSSR count). The highest BCUT2D eigenvalue weighted by molar-refractivity contribution is 6.80. The van der Waals surface area contributed by atoms with Crippen LogP contribution in [0.4, 0.5) is 0 Å². The first kappa shape index (κ1) is 85.5. The van der Waals surface area contributed by atoms with Crippen molar-refractivity contribution in [1.82, 2.24) is 0 Å². The molecule has 2 aliphatic heterocycles. The van der Waals surface area contributed by atoms with Crippen molar-refractivity contribution >= 4 is 49.9 Å². The van der Waals surface area contributed by atoms with E-state index in [-0.39, 0.29) is 79.7 Å². The molecular weight excluding hydrogens is 1240 g/mol. The number of ether oxygens (including phenoxy) is 2. The second kappa shape index (κ2) is 35.0. The van der Waals surface area contributed by atoms with Crippen LogP contribution in [0.15, 0.2) is 24.3 Å². The van der Waals surface area contributed by atoms with Crippen LogP contribution in [-0.4, -0.2) is 134 Å². The Morgan fingerprint density at radius 3 is 0.576 bits per heavy atom. The van der Waals surface area contributed by atoms with Gasteiger partial charge in [0.2, 0.25) is 49.9 Å². The van der Waals surface area contributed by atoms with Crippen LogP contribution in [-0.2, 0) is 36.0 Å². The van der Waals surface area contributed by atoms with Gasteiger partial charge in [0.1, 0.15) is 61.0 Å². The number of aliphatic hydroxyl groups excluding tert-OH is 2. The minimum atomic E-state index is -2.66. The van der Waals surface area contributed by atoms with Crippen LogP contribution in [0.5, 0.6) is 0 Å². The van der Waals surface area contributed by atoms with Crippen molar-refractivity contribution in [1.29, 1.82) is 0 Å². The summed E-state index contributed by atoms with van der Waals surface area (Å²) in [5, 5.41) is 23.5. The van der Waals surface area contributed by atoms with E-state index in [0.717, 1.165) is 11.1 Å². The first-order chi connectivity index (χ1) is 42.3. The number of benzene rings is 1. The molecule has 0 unspecified atom stereocenters. The Morgan fingerprint density at radius 1 is 0.272 bits per heavy atom. The average Bonchev–Trinajstić information content (AvgIpc) is 0.747. The smallest absolute Gasteiger partial charge is 0.201 e. The molecule has 92 heavy (non-hydrogen) atoms. The predicted octanol–water partition coefficient (Wildman–Crippen LogP) is 21.3. The molecule has 0 aliphatic carbocycles. The summed E-state index contributed by atoms with van der Waals surface area (Å²) in [5.74, 6) is 14.6. The first-order valence-electron chi connectivity index (χ1n) is 37.1. The van der Waals surface area contributed by atoms with Gasteiger partial charge in [0.15, 0.2) is 0 Å². The van der Waals surface area contributed by atoms with E-state index in [1.165, 1.54) is 0 Å². The molecule has 2 heterocycles. The molecule has 2 aliphatic rings. The molecule has 2 N–H and O–H groups in total. The van der Waals surface area contributed by atoms with Gasteiger partial charge in [-0.2, -0.15) is 0 Å². The largest absolute Gasteiger partial charge is 0.408 e. The van der Waals surface area contributed by atoms with Crippen LogP contribution in [0.25, 0.3) is 0 Å². The highest BCUT2D eigenvalue weighted by Crippen LogP contribution is 2.54. The van der Waals surface area contributed by atoms with Gasteiger partial charge in [-0.15, -0.1) is 0 Å². The fourth-order valence-corrected chi connectivity index (χ4v) is 53.3. The minimum absolute atomic E-state index is 0.236. The second-order valence-corrected chi connectivity index (χ2v) is 66.5. The van der Waals surface area contributed by atoms with E-state index in [1.54, 1.807) is 0 Å². The highest BCUT2D eigenvalue weighted by Gasteiger charge is 2.63. The third-order valence-electron chi connectivity index (χ3n) is 23.5. The van der Waals surface area contributed by atoms with E-state index in [1.807, 2.05) is 0 Å². The van der Waals surface area contributed by atoms with Crippen molar-refractivity contribution in [2.45, 2.75) is 410 Å². The molecule has 534 valence electrons. The van der Waals surface area contributed by atoms with Crippen LogP contribution >= 0.6 is 0 Å². The van der Waals surface area contributed by atoms with Gasteiger partial charge in [-0.3, -0.25) is 0 Å². The average molecular weight is 1390 g/mol. The molecular formula is C76H146O10Si6. The summed E-state index contributed by atoms with van der Waals surface area (Å²) >= 11 is 0. The van der Waals surface area contributed by atoms with Crippen LogP contribution in [0.3, 0.4) is 0 Å². The van der Waals surface area contributed by atoms with Gasteiger partial charge < -0.3 is 46.2 Å². The Morgan fingerprint density at radius 2 is 0.424 bits per heavy atom. The van der Waals surface area contributed by atoms with Crippen molar-refractivity contribution in [2.24, 2.45) is 0 Å². The lowest BCUT2D eigenvalue weighted by molar-refractivity contribution is -0.203. The van der Waals surface area contributed by atoms with Crippen molar-refractivity contribution in [3.05, 3.63) is 35.4 Å². The molecule has 0 spiro atoms. The molecule has 0 amide bonds. The van der Waals surface area contributed by atoms with E-state index < -0.39 is 111 Å². The molecule has 1 aromatic carbocycles. The fraction of sp³-hybridized carbons (Fsp3) is 0.868. The minimum Gasteiger partial charge on any atom is -0.408 e. The monoisotopic (exact) mass is 1390 g/mol. The first-order valence-corrected chi connectivity index (χ1v) is 49.9. The lowest BCUT2D eigenvalue weighted by Crippen LogP contribution is -2.69. The number of hydrogen-bond acceptors (Lipinski definition) is 10. The van der Waals surface area contributed by atoms with Gasteiger partial charge >= 0.3 is 0 Å². The lowest BCUT2D eigenvalue weighted by Gasteiger charge is -2.56. The van der Waals surface area contributed by atoms with E-state index in [9.17, 15) is 10.2 Å². The molecule has 10 nitrogen and oxygen atoms in total. The Kier molecular flexibility index (Phi) is 32.5. The quantitative estimate of drug-likeness (QED) is 0.0534. The van der Waals surface area contributed by atoms with Gasteiger partial charge in [-0.1, -0.05) is 273 Å². The molecule has 0 aromatic heterocycles. The topological polar surface area (TPSA) is 114 Å². The summed E-state index contributed by atoms with van der Waals surface area (Å²) in [4.78, 5) is 0. The van der Waals surface area contributed by atoms with E-state index >= 15 is 0 Å². The van der Waals surface area contributed by atoms with E-state index in [2.05, 4.69) is 297 Å². The second-order valence-electron chi connectivity index (χ2n) is 34.1. The van der Waals surface area contributed by atoms with Gasteiger partial charge in [-0.25, -0.2) is 0 Å². The molecule has 2 saturated heterocycles. The summed E-state index contributed by atoms with van der Waals surface area (Å²) in [6.07, 6.45) is -6.29. The predicted molar refractivity (Wildman–Crippen MR) is 407 cm³/mol. The number of hydrogen-bond donors (Lipinski definition) is 2. The Bertz CT molecular complexity index is 2180. The molecule has 0 saturated carbocycles. The number of rotatable bonds is 32. The molecule has 2 fully saturated rings. The fourth-order valence-electron chi connectivity index (χ4n) is 20.0. The normalized spacial score (nSPS) is 23.9. The van der Waals surface area contributed by atoms with E-state index in [0.29, 0.717) is 33.2 Å². The zero-order valence-electron chi connectivity index (χ0n) is 66.0. The summed E-state index contributed by atoms with van der Waals surface area (Å²) in [5.41, 5.74) is 6.81. The van der Waals surface area contributed by atoms with Crippen molar-refractivity contribution in [2.75, 3.05) is 13.2 Å². The van der Waals surface area contributed by atoms with Gasteiger partial charge in [0, 0.05) is 11.1 Å². The third kappa shape index (κ3) is 17.2. The molecule has 1 aromatic rings. The summed E-state index contributed by atoms with van der Waals surface area (Å²) in [6.45, 7) is 83.8. The zero-order chi connectivity index (χ0) is 71.0. The Labute approximate surface area is 574 Å². The van der Waals surface area contributed by atoms with Crippen LogP contribution in [0, 0.1) is 23.7 Å². The lowest BCUT2D eigenvalue weighted by atomic mass is 9.95. The summed E-state index contributed by atoms with van der Waals surface area (Å²) in [7, 11) is -15.8. The SMILES string of the molecule is CC(C)[Si](O[C@@H]1[C@H](O[Si](C(C)C)(C(C)C)C(C)C)[C@@H](C#Cc2ccc(C#C[C@H]3O[C@H](CO)[C@@H](O[Si](C(C)C)(C(C)C)C(C)C)[C@@H](O[Si](C(C)C)(C(C)C)C(C)C)[C@@H]3O[Si](C(C)C)(C(C)C)C(C)C)cc2)O[C@H](CO)[C@H]1O[Si](C(C)C)(C(C)C)C(C)C)(C(C)C)C(C)C. The highest BCUT2D eigenvalue weighted by atomic mass is 28.4. The van der Waals surface area contributed by atoms with E-state index in [4.69, 9.17) is 36.0 Å². The maximum Gasteiger partial charge on any atom is 0.201 e. The summed E-state index contributed by atoms with van der Waals surface area (Å²) < 4.78 is 63.1. The Balaban J connectivity index is 2.53. The van der Waals surface area contributed by atoms with Crippen molar-refractivity contribution in [3.8, 4) is 23.7 Å². The molecule has 10 atom stereocenters. The maximum absolute atomic E-state index is 11.7. The summed E-state index contributed by atoms with van der Waals surface area (Å²) in [6, 6.07) is 8.20. The zero-order valence-corrected chi connectivity index (χ0v) is 72.0. The van der Waals surface area contributed by atoms with Crippen molar-refractivity contribution < 1.29 is 46.2 Å². The maximum atomic E-state index is 11.7. The molecule has 0 bridgehead atoms. The van der Waals surface area contributed by atoms with Gasteiger partial charge in [0.05, 0.1) is 13.2 Å². The molecule has 16 heteroatoms. The third-order valence-corrected chi connectivity index (χ3v) is 60.1. The van der Waals surface area contributed by atoms with Crippen molar-refractivity contribution in [3.63, 3.8) is 0 Å². The van der Waals surface area contributed by atoms with Crippen LogP contribution in [0.2, 0.25) is 99.7 Å². The number of aliphatic hydroxyl groups is 2. The standard InChI is InChI=1S/C76H146O10Si6/c1-47(2)87(48(3)4,49(5)6)81-71-67(79-69(45-77)73(83-89(53(13)14,54(15)16)55(17)18)75(71)85-91(59(25)26,60(27)28)61(29)30)43-41-65-37-39-66(40-38-65)42-44-68-72(82-88(50(7)8,51(9)10)52(11)12)76(86-92(62(31)32,63(33)34)64(35)36)74(70(46-78)80-68)84-90(56(19)20,57(21)22)58(23)24/h37-40,47-64,67-78H,45-46H2,1-36H3/t67-,68-,69-,70-,71-,72-,73-,74-,75-,76+/m1/s1. The Hall–Kier alpha value is -0.759. The van der Waals surface area contributed by atoms with Gasteiger partial charge in [-0.05, 0) is 124 Å². The van der Waals surface area contributed by atoms with Crippen LogP contribution in [0.1, 0.15) is 260 Å². The molecule has 0 radical (unpaired) electrons.